The fraction of sp³-hybridized carbons (Fsp3) is 0.467. The first-order chi connectivity index (χ1) is 10.2. The van der Waals surface area contributed by atoms with Crippen LogP contribution in [0.15, 0.2) is 24.3 Å². The molecule has 3 N–H and O–H groups in total. The molecule has 6 heteroatoms. The highest BCUT2D eigenvalue weighted by Gasteiger charge is 2.23. The molecule has 2 aliphatic heterocycles. The minimum Gasteiger partial charge on any atom is -0.336 e. The molecule has 1 aromatic rings. The topological polar surface area (TPSA) is 73.5 Å². The number of anilines is 2. The van der Waals surface area contributed by atoms with Crippen LogP contribution in [0.25, 0.3) is 0 Å². The molecule has 21 heavy (non-hydrogen) atoms. The average molecular weight is 288 g/mol. The molecule has 3 amide bonds. The molecule has 2 saturated heterocycles. The van der Waals surface area contributed by atoms with Crippen LogP contribution in [0.5, 0.6) is 0 Å². The second kappa shape index (κ2) is 6.13. The van der Waals surface area contributed by atoms with Crippen molar-refractivity contribution in [2.45, 2.75) is 12.8 Å². The highest BCUT2D eigenvalue weighted by atomic mass is 16.2. The van der Waals surface area contributed by atoms with Gasteiger partial charge in [0.15, 0.2) is 0 Å². The number of benzene rings is 1. The van der Waals surface area contributed by atoms with Gasteiger partial charge in [0.1, 0.15) is 0 Å². The predicted octanol–water partition coefficient (Wildman–Crippen LogP) is 1.15. The van der Waals surface area contributed by atoms with Gasteiger partial charge in [0.25, 0.3) is 0 Å². The van der Waals surface area contributed by atoms with E-state index in [0.29, 0.717) is 13.1 Å². The third kappa shape index (κ3) is 3.16. The highest BCUT2D eigenvalue weighted by Crippen LogP contribution is 2.22. The predicted molar refractivity (Wildman–Crippen MR) is 81.4 cm³/mol. The molecule has 2 heterocycles. The number of urea groups is 1. The Labute approximate surface area is 123 Å². The maximum Gasteiger partial charge on any atom is 0.321 e. The van der Waals surface area contributed by atoms with E-state index in [4.69, 9.17) is 0 Å². The van der Waals surface area contributed by atoms with Gasteiger partial charge in [0, 0.05) is 31.0 Å². The van der Waals surface area contributed by atoms with Gasteiger partial charge in [-0.15, -0.1) is 0 Å². The molecular formula is C15H20N4O2. The molecule has 0 bridgehead atoms. The molecular weight excluding hydrogens is 268 g/mol. The van der Waals surface area contributed by atoms with Crippen LogP contribution in [0, 0.1) is 5.92 Å². The number of rotatable bonds is 3. The van der Waals surface area contributed by atoms with Crippen molar-refractivity contribution >= 4 is 23.3 Å². The molecule has 2 aliphatic rings. The molecule has 0 aliphatic carbocycles. The second-order valence-electron chi connectivity index (χ2n) is 5.47. The van der Waals surface area contributed by atoms with E-state index >= 15 is 0 Å². The number of hydrogen-bond acceptors (Lipinski definition) is 3. The molecule has 0 spiro atoms. The average Bonchev–Trinajstić information content (AvgIpc) is 2.94. The van der Waals surface area contributed by atoms with Gasteiger partial charge in [-0.2, -0.15) is 0 Å². The van der Waals surface area contributed by atoms with E-state index < -0.39 is 0 Å². The van der Waals surface area contributed by atoms with Crippen LogP contribution >= 0.6 is 0 Å². The van der Waals surface area contributed by atoms with Gasteiger partial charge in [0.05, 0.1) is 5.92 Å². The van der Waals surface area contributed by atoms with E-state index in [1.165, 1.54) is 0 Å². The van der Waals surface area contributed by atoms with E-state index in [1.54, 1.807) is 4.90 Å². The Morgan fingerprint density at radius 3 is 2.95 bits per heavy atom. The third-order valence-corrected chi connectivity index (χ3v) is 3.95. The summed E-state index contributed by atoms with van der Waals surface area (Å²) in [4.78, 5) is 25.6. The van der Waals surface area contributed by atoms with Crippen molar-refractivity contribution in [2.75, 3.05) is 36.4 Å². The summed E-state index contributed by atoms with van der Waals surface area (Å²) in [6.07, 6.45) is 1.96. The van der Waals surface area contributed by atoms with Gasteiger partial charge < -0.3 is 16.0 Å². The summed E-state index contributed by atoms with van der Waals surface area (Å²) in [5, 5.41) is 8.97. The van der Waals surface area contributed by atoms with E-state index in [9.17, 15) is 9.59 Å². The van der Waals surface area contributed by atoms with Crippen molar-refractivity contribution in [1.82, 2.24) is 10.6 Å². The Balaban J connectivity index is 1.68. The molecule has 2 fully saturated rings. The summed E-state index contributed by atoms with van der Waals surface area (Å²) in [6, 6.07) is 7.35. The van der Waals surface area contributed by atoms with Gasteiger partial charge in [-0.1, -0.05) is 6.07 Å². The van der Waals surface area contributed by atoms with Crippen LogP contribution in [0.1, 0.15) is 12.8 Å². The summed E-state index contributed by atoms with van der Waals surface area (Å²) >= 11 is 0. The smallest absolute Gasteiger partial charge is 0.321 e. The lowest BCUT2D eigenvalue weighted by Gasteiger charge is -2.22. The lowest BCUT2D eigenvalue weighted by atomic mass is 9.99. The zero-order valence-corrected chi connectivity index (χ0v) is 11.9. The largest absolute Gasteiger partial charge is 0.336 e. The van der Waals surface area contributed by atoms with Crippen molar-refractivity contribution in [1.29, 1.82) is 0 Å². The summed E-state index contributed by atoms with van der Waals surface area (Å²) in [6.45, 7) is 3.04. The molecule has 6 nitrogen and oxygen atoms in total. The summed E-state index contributed by atoms with van der Waals surface area (Å²) < 4.78 is 0. The van der Waals surface area contributed by atoms with Crippen LogP contribution in [0.2, 0.25) is 0 Å². The standard InChI is InChI=1S/C15H20N4O2/c20-14(11-3-2-6-16-10-11)18-12-4-1-5-13(9-12)19-8-7-17-15(19)21/h1,4-5,9,11,16H,2-3,6-8,10H2,(H,17,21)(H,18,20)/t11-/m0/s1. The SMILES string of the molecule is O=C(Nc1cccc(N2CCNC2=O)c1)[C@H]1CCCNC1. The molecule has 1 atom stereocenters. The molecule has 112 valence electrons. The second-order valence-corrected chi connectivity index (χ2v) is 5.47. The zero-order chi connectivity index (χ0) is 14.7. The van der Waals surface area contributed by atoms with Crippen LogP contribution < -0.4 is 20.9 Å². The Kier molecular flexibility index (Phi) is 4.06. The van der Waals surface area contributed by atoms with Crippen molar-refractivity contribution in [3.63, 3.8) is 0 Å². The molecule has 1 aromatic carbocycles. The van der Waals surface area contributed by atoms with E-state index in [2.05, 4.69) is 16.0 Å². The number of amides is 3. The third-order valence-electron chi connectivity index (χ3n) is 3.95. The zero-order valence-electron chi connectivity index (χ0n) is 11.9. The van der Waals surface area contributed by atoms with Crippen molar-refractivity contribution in [2.24, 2.45) is 5.92 Å². The Bertz CT molecular complexity index is 540. The van der Waals surface area contributed by atoms with Gasteiger partial charge in [-0.25, -0.2) is 4.79 Å². The number of carbonyl (C=O) groups excluding carboxylic acids is 2. The lowest BCUT2D eigenvalue weighted by molar-refractivity contribution is -0.120. The van der Waals surface area contributed by atoms with Crippen LogP contribution in [-0.2, 0) is 4.79 Å². The minimum atomic E-state index is -0.0880. The fourth-order valence-electron chi connectivity index (χ4n) is 2.79. The lowest BCUT2D eigenvalue weighted by Crippen LogP contribution is -2.37. The molecule has 0 saturated carbocycles. The summed E-state index contributed by atoms with van der Waals surface area (Å²) in [5.41, 5.74) is 1.55. The number of nitrogens with one attached hydrogen (secondary N) is 3. The molecule has 0 unspecified atom stereocenters. The highest BCUT2D eigenvalue weighted by molar-refractivity contribution is 5.96. The van der Waals surface area contributed by atoms with Gasteiger partial charge in [-0.3, -0.25) is 9.69 Å². The normalized spacial score (nSPS) is 22.0. The fourth-order valence-corrected chi connectivity index (χ4v) is 2.79. The Morgan fingerprint density at radius 1 is 1.33 bits per heavy atom. The van der Waals surface area contributed by atoms with E-state index in [1.807, 2.05) is 24.3 Å². The number of piperidine rings is 1. The van der Waals surface area contributed by atoms with Crippen LogP contribution in [0.3, 0.4) is 0 Å². The molecule has 0 radical (unpaired) electrons. The minimum absolute atomic E-state index is 0.0255. The number of nitrogens with zero attached hydrogens (tertiary/aromatic N) is 1. The Hall–Kier alpha value is -2.08. The molecule has 0 aromatic heterocycles. The van der Waals surface area contributed by atoms with Gasteiger partial charge in [0.2, 0.25) is 5.91 Å². The van der Waals surface area contributed by atoms with Crippen LogP contribution in [-0.4, -0.2) is 38.1 Å². The quantitative estimate of drug-likeness (QED) is 0.781. The van der Waals surface area contributed by atoms with Gasteiger partial charge in [-0.05, 0) is 37.6 Å². The van der Waals surface area contributed by atoms with E-state index in [0.717, 1.165) is 37.3 Å². The van der Waals surface area contributed by atoms with Crippen LogP contribution in [0.4, 0.5) is 16.2 Å². The van der Waals surface area contributed by atoms with Crippen molar-refractivity contribution in [3.8, 4) is 0 Å². The summed E-state index contributed by atoms with van der Waals surface area (Å²) in [5.74, 6) is 0.0720. The Morgan fingerprint density at radius 2 is 2.24 bits per heavy atom. The number of hydrogen-bond donors (Lipinski definition) is 3. The first-order valence-electron chi connectivity index (χ1n) is 7.41. The first kappa shape index (κ1) is 13.9. The molecule has 3 rings (SSSR count). The maximum atomic E-state index is 12.2. The maximum absolute atomic E-state index is 12.2. The van der Waals surface area contributed by atoms with Crippen molar-refractivity contribution < 1.29 is 9.59 Å². The number of carbonyl (C=O) groups is 2. The first-order valence-corrected chi connectivity index (χ1v) is 7.41. The van der Waals surface area contributed by atoms with E-state index in [-0.39, 0.29) is 17.9 Å². The monoisotopic (exact) mass is 288 g/mol. The summed E-state index contributed by atoms with van der Waals surface area (Å²) in [7, 11) is 0. The van der Waals surface area contributed by atoms with Gasteiger partial charge >= 0.3 is 6.03 Å². The van der Waals surface area contributed by atoms with Crippen molar-refractivity contribution in [3.05, 3.63) is 24.3 Å².